The van der Waals surface area contributed by atoms with Crippen LogP contribution in [0.2, 0.25) is 0 Å². The summed E-state index contributed by atoms with van der Waals surface area (Å²) in [6, 6.07) is 14.0. The normalized spacial score (nSPS) is 12.2. The van der Waals surface area contributed by atoms with Crippen LogP contribution in [0.25, 0.3) is 10.8 Å². The minimum absolute atomic E-state index is 0.0879. The fourth-order valence-electron chi connectivity index (χ4n) is 3.93. The summed E-state index contributed by atoms with van der Waals surface area (Å²) in [6.45, 7) is 0. The molecular weight excluding hydrogens is 568 g/mol. The highest BCUT2D eigenvalue weighted by atomic mass is 32.2. The molecule has 0 saturated heterocycles. The second kappa shape index (κ2) is 10.4. The average Bonchev–Trinajstić information content (AvgIpc) is 2.88. The van der Waals surface area contributed by atoms with Crippen LogP contribution >= 0.6 is 0 Å². The van der Waals surface area contributed by atoms with Crippen LogP contribution in [0.1, 0.15) is 15.9 Å². The van der Waals surface area contributed by atoms with Crippen LogP contribution in [0, 0.1) is 10.1 Å². The molecule has 206 valence electrons. The Morgan fingerprint density at radius 1 is 0.900 bits per heavy atom. The summed E-state index contributed by atoms with van der Waals surface area (Å²) in [6.07, 6.45) is -0.703. The van der Waals surface area contributed by atoms with E-state index in [1.807, 2.05) is 0 Å². The summed E-state index contributed by atoms with van der Waals surface area (Å²) in [7, 11) is -10.2. The third-order valence-electron chi connectivity index (χ3n) is 5.73. The van der Waals surface area contributed by atoms with Gasteiger partial charge in [0.15, 0.2) is 5.78 Å². The van der Waals surface area contributed by atoms with E-state index >= 15 is 0 Å². The van der Waals surface area contributed by atoms with Crippen LogP contribution in [0.4, 0.5) is 22.7 Å². The van der Waals surface area contributed by atoms with Gasteiger partial charge in [-0.1, -0.05) is 36.4 Å². The number of carbonyl (C=O) groups excluding carboxylic acids is 1. The van der Waals surface area contributed by atoms with Gasteiger partial charge in [-0.25, -0.2) is 0 Å². The van der Waals surface area contributed by atoms with Crippen LogP contribution in [0.15, 0.2) is 86.7 Å². The fraction of sp³-hybridized carbons (Fsp3) is 0.0417. The summed E-state index contributed by atoms with van der Waals surface area (Å²) in [5.74, 6) is -1.50. The molecule has 0 fully saturated rings. The molecular formula is C24H18N4O10S2. The molecule has 0 aromatic heterocycles. The zero-order chi connectivity index (χ0) is 29.4. The number of nitrogens with two attached hydrogens (primary N) is 1. The van der Waals surface area contributed by atoms with Crippen molar-refractivity contribution in [3.8, 4) is 5.75 Å². The summed E-state index contributed by atoms with van der Waals surface area (Å²) < 4.78 is 68.4. The van der Waals surface area contributed by atoms with E-state index in [0.717, 1.165) is 18.2 Å². The van der Waals surface area contributed by atoms with Gasteiger partial charge in [0, 0.05) is 35.1 Å². The molecule has 0 atom stereocenters. The number of Topliss-reactive ketones (excluding diaryl/α,β-unsaturated/α-hetero) is 1. The number of ketones is 1. The maximum Gasteiger partial charge on any atom is 0.296 e. The molecule has 0 heterocycles. The van der Waals surface area contributed by atoms with Gasteiger partial charge in [0.25, 0.3) is 25.9 Å². The summed E-state index contributed by atoms with van der Waals surface area (Å²) >= 11 is 0. The highest BCUT2D eigenvalue weighted by molar-refractivity contribution is 7.86. The maximum absolute atomic E-state index is 12.8. The number of nitrogen functional groups attached to an aromatic ring is 1. The van der Waals surface area contributed by atoms with Crippen LogP contribution in [0.5, 0.6) is 5.75 Å². The smallest absolute Gasteiger partial charge is 0.296 e. The first-order valence-electron chi connectivity index (χ1n) is 11.0. The second-order valence-electron chi connectivity index (χ2n) is 8.33. The third kappa shape index (κ3) is 5.64. The SMILES string of the molecule is Nc1c(N=Nc2cccc([N+](=O)[O-])c2)c(S(=O)(=O)O)cc2cc(S(=O)(=O)O)c(CC(=O)c3ccccc3)c(O)c12. The Hall–Kier alpha value is -4.77. The van der Waals surface area contributed by atoms with Crippen LogP contribution in [-0.4, -0.2) is 41.8 Å². The molecule has 4 rings (SSSR count). The first-order chi connectivity index (χ1) is 18.7. The van der Waals surface area contributed by atoms with E-state index in [-0.39, 0.29) is 27.7 Å². The monoisotopic (exact) mass is 586 g/mol. The van der Waals surface area contributed by atoms with E-state index in [0.29, 0.717) is 0 Å². The molecule has 5 N–H and O–H groups in total. The van der Waals surface area contributed by atoms with Gasteiger partial charge in [0.1, 0.15) is 21.2 Å². The van der Waals surface area contributed by atoms with Crippen molar-refractivity contribution in [3.05, 3.63) is 88.0 Å². The number of phenolic OH excluding ortho intramolecular Hbond substituents is 1. The number of non-ortho nitro benzene ring substituents is 1. The first kappa shape index (κ1) is 28.2. The molecule has 0 bridgehead atoms. The lowest BCUT2D eigenvalue weighted by Crippen LogP contribution is -2.10. The molecule has 0 unspecified atom stereocenters. The molecule has 4 aromatic carbocycles. The van der Waals surface area contributed by atoms with Crippen molar-refractivity contribution in [2.75, 3.05) is 5.73 Å². The number of aromatic hydroxyl groups is 1. The van der Waals surface area contributed by atoms with Gasteiger partial charge in [0.05, 0.1) is 16.3 Å². The van der Waals surface area contributed by atoms with Crippen LogP contribution in [-0.2, 0) is 26.7 Å². The Bertz CT molecular complexity index is 1940. The average molecular weight is 587 g/mol. The zero-order valence-electron chi connectivity index (χ0n) is 20.0. The maximum atomic E-state index is 12.8. The lowest BCUT2D eigenvalue weighted by atomic mass is 9.97. The fourth-order valence-corrected chi connectivity index (χ4v) is 5.35. The number of nitro benzene ring substituents is 1. The topological polar surface area (TPSA) is 240 Å². The molecule has 0 radical (unpaired) electrons. The number of hydrogen-bond acceptors (Lipinski definition) is 11. The lowest BCUT2D eigenvalue weighted by Gasteiger charge is -2.16. The van der Waals surface area contributed by atoms with E-state index < -0.39 is 69.8 Å². The molecule has 0 amide bonds. The van der Waals surface area contributed by atoms with E-state index in [1.165, 1.54) is 30.3 Å². The Morgan fingerprint density at radius 2 is 1.52 bits per heavy atom. The number of nitrogens with zero attached hydrogens (tertiary/aromatic N) is 3. The van der Waals surface area contributed by atoms with Crippen molar-refractivity contribution in [2.45, 2.75) is 16.2 Å². The molecule has 0 aliphatic rings. The van der Waals surface area contributed by atoms with Gasteiger partial charge in [-0.15, -0.1) is 5.11 Å². The number of rotatable bonds is 8. The molecule has 0 aliphatic carbocycles. The number of fused-ring (bicyclic) bond motifs is 1. The van der Waals surface area contributed by atoms with E-state index in [1.54, 1.807) is 18.2 Å². The number of benzene rings is 4. The number of anilines is 1. The highest BCUT2D eigenvalue weighted by Crippen LogP contribution is 2.45. The van der Waals surface area contributed by atoms with Crippen molar-refractivity contribution in [1.82, 2.24) is 0 Å². The van der Waals surface area contributed by atoms with E-state index in [9.17, 15) is 46.0 Å². The number of hydrogen-bond donors (Lipinski definition) is 4. The van der Waals surface area contributed by atoms with Crippen molar-refractivity contribution < 1.29 is 40.8 Å². The molecule has 40 heavy (non-hydrogen) atoms. The number of phenols is 1. The lowest BCUT2D eigenvalue weighted by molar-refractivity contribution is -0.384. The number of carbonyl (C=O) groups is 1. The standard InChI is InChI=1S/C24H18N4O10S2/c25-22-21-14(9-19(39(33,34)35)17(24(21)30)12-18(29)13-5-2-1-3-6-13)10-20(40(36,37)38)23(22)27-26-15-7-4-8-16(11-15)28(31)32/h1-11,30H,12,25H2,(H,33,34,35)(H,36,37,38). The summed E-state index contributed by atoms with van der Waals surface area (Å²) in [5, 5.41) is 28.9. The summed E-state index contributed by atoms with van der Waals surface area (Å²) in [4.78, 5) is 21.3. The number of azo groups is 1. The van der Waals surface area contributed by atoms with Crippen molar-refractivity contribution in [2.24, 2.45) is 10.2 Å². The van der Waals surface area contributed by atoms with Crippen LogP contribution < -0.4 is 5.73 Å². The van der Waals surface area contributed by atoms with Crippen molar-refractivity contribution in [1.29, 1.82) is 0 Å². The Balaban J connectivity index is 1.99. The quantitative estimate of drug-likeness (QED) is 0.0564. The van der Waals surface area contributed by atoms with E-state index in [4.69, 9.17) is 5.73 Å². The van der Waals surface area contributed by atoms with Gasteiger partial charge in [-0.05, 0) is 23.6 Å². The predicted octanol–water partition coefficient (Wildman–Crippen LogP) is 4.37. The van der Waals surface area contributed by atoms with Gasteiger partial charge < -0.3 is 10.8 Å². The molecule has 0 saturated carbocycles. The van der Waals surface area contributed by atoms with Crippen LogP contribution in [0.3, 0.4) is 0 Å². The van der Waals surface area contributed by atoms with Gasteiger partial charge >= 0.3 is 0 Å². The molecule has 0 spiro atoms. The minimum Gasteiger partial charge on any atom is -0.507 e. The molecule has 14 nitrogen and oxygen atoms in total. The van der Waals surface area contributed by atoms with Gasteiger partial charge in [-0.2, -0.15) is 21.9 Å². The first-order valence-corrected chi connectivity index (χ1v) is 13.9. The molecule has 4 aromatic rings. The third-order valence-corrected chi connectivity index (χ3v) is 7.52. The van der Waals surface area contributed by atoms with Crippen molar-refractivity contribution in [3.63, 3.8) is 0 Å². The second-order valence-corrected chi connectivity index (χ2v) is 11.1. The largest absolute Gasteiger partial charge is 0.507 e. The summed E-state index contributed by atoms with van der Waals surface area (Å²) in [5.41, 5.74) is 4.07. The van der Waals surface area contributed by atoms with Gasteiger partial charge in [0.2, 0.25) is 0 Å². The Kier molecular flexibility index (Phi) is 7.36. The Labute approximate surface area is 226 Å². The number of nitro groups is 1. The zero-order valence-corrected chi connectivity index (χ0v) is 21.6. The van der Waals surface area contributed by atoms with Crippen molar-refractivity contribution >= 4 is 59.5 Å². The minimum atomic E-state index is -5.09. The van der Waals surface area contributed by atoms with E-state index in [2.05, 4.69) is 10.2 Å². The van der Waals surface area contributed by atoms with Gasteiger partial charge in [-0.3, -0.25) is 24.0 Å². The predicted molar refractivity (Wildman–Crippen MR) is 141 cm³/mol. The highest BCUT2D eigenvalue weighted by Gasteiger charge is 2.28. The molecule has 16 heteroatoms. The molecule has 0 aliphatic heterocycles. The Morgan fingerprint density at radius 3 is 2.12 bits per heavy atom.